The van der Waals surface area contributed by atoms with Gasteiger partial charge in [-0.25, -0.2) is 4.79 Å². The molecule has 0 aliphatic carbocycles. The normalized spacial score (nSPS) is 14.7. The molecule has 0 saturated carbocycles. The minimum absolute atomic E-state index is 0.0404. The number of hydrogen-bond donors (Lipinski definition) is 2. The molecule has 5 rings (SSSR count). The fourth-order valence-corrected chi connectivity index (χ4v) is 4.33. The summed E-state index contributed by atoms with van der Waals surface area (Å²) in [5.41, 5.74) is 1.21. The van der Waals surface area contributed by atoms with Gasteiger partial charge in [-0.05, 0) is 23.8 Å². The van der Waals surface area contributed by atoms with E-state index >= 15 is 0 Å². The molecular weight excluding hydrogens is 468 g/mol. The van der Waals surface area contributed by atoms with Gasteiger partial charge >= 0.3 is 11.9 Å². The van der Waals surface area contributed by atoms with Crippen LogP contribution < -0.4 is 14.9 Å². The lowest BCUT2D eigenvalue weighted by atomic mass is 9.84. The summed E-state index contributed by atoms with van der Waals surface area (Å²) in [6.45, 7) is -0.334. The average Bonchev–Trinajstić information content (AvgIpc) is 2.87. The van der Waals surface area contributed by atoms with Crippen molar-refractivity contribution in [2.24, 2.45) is 0 Å². The van der Waals surface area contributed by atoms with Crippen LogP contribution in [0.2, 0.25) is 0 Å². The van der Waals surface area contributed by atoms with Crippen LogP contribution in [0.15, 0.2) is 70.1 Å². The predicted octanol–water partition coefficient (Wildman–Crippen LogP) is 3.86. The van der Waals surface area contributed by atoms with E-state index in [-0.39, 0.29) is 41.1 Å². The van der Waals surface area contributed by atoms with E-state index in [0.29, 0.717) is 22.4 Å². The second-order valence-electron chi connectivity index (χ2n) is 8.17. The van der Waals surface area contributed by atoms with Crippen molar-refractivity contribution >= 4 is 22.9 Å². The Balaban J connectivity index is 1.70. The van der Waals surface area contributed by atoms with Crippen LogP contribution in [0.3, 0.4) is 0 Å². The first kappa shape index (κ1) is 23.0. The van der Waals surface area contributed by atoms with Crippen molar-refractivity contribution in [2.75, 3.05) is 13.7 Å². The molecule has 0 spiro atoms. The molecule has 0 bridgehead atoms. The zero-order chi connectivity index (χ0) is 25.4. The zero-order valence-electron chi connectivity index (χ0n) is 19.0. The van der Waals surface area contributed by atoms with Crippen molar-refractivity contribution in [1.29, 1.82) is 0 Å². The van der Waals surface area contributed by atoms with Crippen LogP contribution in [0.1, 0.15) is 23.5 Å². The van der Waals surface area contributed by atoms with Crippen molar-refractivity contribution in [1.82, 2.24) is 0 Å². The molecule has 0 unspecified atom stereocenters. The molecule has 1 atom stereocenters. The fraction of sp³-hybridized carbons (Fsp3) is 0.148. The molecule has 0 radical (unpaired) electrons. The van der Waals surface area contributed by atoms with Gasteiger partial charge in [0.2, 0.25) is 5.43 Å². The minimum atomic E-state index is -0.652. The van der Waals surface area contributed by atoms with Crippen LogP contribution in [0, 0.1) is 0 Å². The summed E-state index contributed by atoms with van der Waals surface area (Å²) in [5, 5.41) is 20.2. The number of carbonyl (C=O) groups excluding carboxylic acids is 2. The molecule has 36 heavy (non-hydrogen) atoms. The quantitative estimate of drug-likeness (QED) is 0.317. The van der Waals surface area contributed by atoms with Gasteiger partial charge in [0.25, 0.3) is 0 Å². The zero-order valence-corrected chi connectivity index (χ0v) is 19.0. The highest BCUT2D eigenvalue weighted by Crippen LogP contribution is 2.47. The Kier molecular flexibility index (Phi) is 5.81. The molecule has 0 saturated heterocycles. The Morgan fingerprint density at radius 2 is 1.83 bits per heavy atom. The maximum atomic E-state index is 13.4. The van der Waals surface area contributed by atoms with Crippen LogP contribution in [0.5, 0.6) is 23.0 Å². The molecular formula is C27H20O9. The van der Waals surface area contributed by atoms with Crippen LogP contribution in [0.25, 0.3) is 22.1 Å². The van der Waals surface area contributed by atoms with Crippen molar-refractivity contribution in [3.05, 3.63) is 82.2 Å². The largest absolute Gasteiger partial charge is 0.508 e. The SMILES string of the molecule is COC(=O)COc1ccccc1[C@@H]1CC(=O)Oc2cc(O)c3c(=O)c(-c4ccc(O)cc4)coc3c21. The second-order valence-corrected chi connectivity index (χ2v) is 8.17. The summed E-state index contributed by atoms with van der Waals surface area (Å²) >= 11 is 0. The number of benzene rings is 3. The monoisotopic (exact) mass is 488 g/mol. The van der Waals surface area contributed by atoms with Crippen LogP contribution >= 0.6 is 0 Å². The topological polar surface area (TPSA) is 132 Å². The number of ether oxygens (including phenoxy) is 3. The van der Waals surface area contributed by atoms with Gasteiger partial charge in [0.1, 0.15) is 40.2 Å². The lowest BCUT2D eigenvalue weighted by Crippen LogP contribution is -2.23. The Hall–Kier alpha value is -4.79. The third-order valence-electron chi connectivity index (χ3n) is 6.02. The second kappa shape index (κ2) is 9.10. The highest BCUT2D eigenvalue weighted by molar-refractivity contribution is 5.94. The molecule has 1 aliphatic rings. The van der Waals surface area contributed by atoms with Gasteiger partial charge < -0.3 is 28.8 Å². The van der Waals surface area contributed by atoms with Gasteiger partial charge in [-0.2, -0.15) is 0 Å². The number of esters is 2. The number of aromatic hydroxyl groups is 2. The van der Waals surface area contributed by atoms with E-state index in [1.807, 2.05) is 0 Å². The third-order valence-corrected chi connectivity index (χ3v) is 6.02. The molecule has 4 aromatic rings. The van der Waals surface area contributed by atoms with E-state index in [0.717, 1.165) is 0 Å². The summed E-state index contributed by atoms with van der Waals surface area (Å²) in [6, 6.07) is 14.1. The molecule has 0 amide bonds. The van der Waals surface area contributed by atoms with Crippen molar-refractivity contribution < 1.29 is 38.4 Å². The number of para-hydroxylation sites is 1. The average molecular weight is 488 g/mol. The molecule has 1 aliphatic heterocycles. The smallest absolute Gasteiger partial charge is 0.343 e. The Bertz CT molecular complexity index is 1550. The van der Waals surface area contributed by atoms with Gasteiger partial charge in [-0.3, -0.25) is 9.59 Å². The number of phenolic OH excluding ortho intramolecular Hbond substituents is 2. The lowest BCUT2D eigenvalue weighted by molar-refractivity contribution is -0.143. The van der Waals surface area contributed by atoms with Gasteiger partial charge in [-0.1, -0.05) is 30.3 Å². The number of carbonyl (C=O) groups is 2. The van der Waals surface area contributed by atoms with Crippen LogP contribution in [-0.4, -0.2) is 35.9 Å². The van der Waals surface area contributed by atoms with Gasteiger partial charge in [0.05, 0.1) is 19.1 Å². The van der Waals surface area contributed by atoms with Crippen molar-refractivity contribution in [3.8, 4) is 34.1 Å². The summed E-state index contributed by atoms with van der Waals surface area (Å²) in [5.74, 6) is -1.72. The molecule has 9 nitrogen and oxygen atoms in total. The molecule has 2 N–H and O–H groups in total. The molecule has 3 aromatic carbocycles. The van der Waals surface area contributed by atoms with E-state index < -0.39 is 29.0 Å². The van der Waals surface area contributed by atoms with Crippen LogP contribution in [0.4, 0.5) is 0 Å². The summed E-state index contributed by atoms with van der Waals surface area (Å²) in [4.78, 5) is 37.5. The van der Waals surface area contributed by atoms with E-state index in [1.165, 1.54) is 31.6 Å². The Labute approximate surface area is 204 Å². The molecule has 182 valence electrons. The highest BCUT2D eigenvalue weighted by atomic mass is 16.6. The first-order valence-electron chi connectivity index (χ1n) is 11.0. The Morgan fingerprint density at radius 3 is 2.58 bits per heavy atom. The molecule has 9 heteroatoms. The maximum absolute atomic E-state index is 13.4. The van der Waals surface area contributed by atoms with Crippen molar-refractivity contribution in [2.45, 2.75) is 12.3 Å². The van der Waals surface area contributed by atoms with E-state index in [2.05, 4.69) is 4.74 Å². The summed E-state index contributed by atoms with van der Waals surface area (Å²) in [7, 11) is 1.25. The van der Waals surface area contributed by atoms with Gasteiger partial charge in [-0.15, -0.1) is 0 Å². The molecule has 1 aromatic heterocycles. The standard InChI is InChI=1S/C27H20O9/c1-33-23(31)13-34-20-5-3-2-4-16(20)17-10-22(30)36-21-11-19(29)25-26(32)18(12-35-27(25)24(17)21)14-6-8-15(28)9-7-14/h2-9,11-12,17,28-29H,10,13H2,1H3/t17-/m0/s1. The summed E-state index contributed by atoms with van der Waals surface area (Å²) < 4.78 is 21.6. The van der Waals surface area contributed by atoms with Gasteiger partial charge in [0, 0.05) is 23.1 Å². The predicted molar refractivity (Wildman–Crippen MR) is 127 cm³/mol. The number of rotatable bonds is 5. The van der Waals surface area contributed by atoms with E-state index in [4.69, 9.17) is 13.9 Å². The lowest BCUT2D eigenvalue weighted by Gasteiger charge is -2.27. The van der Waals surface area contributed by atoms with Crippen LogP contribution in [-0.2, 0) is 14.3 Å². The van der Waals surface area contributed by atoms with Gasteiger partial charge in [0.15, 0.2) is 6.61 Å². The molecule has 2 heterocycles. The Morgan fingerprint density at radius 1 is 1.08 bits per heavy atom. The first-order chi connectivity index (χ1) is 17.4. The third kappa shape index (κ3) is 4.00. The summed E-state index contributed by atoms with van der Waals surface area (Å²) in [6.07, 6.45) is 1.18. The van der Waals surface area contributed by atoms with Crippen molar-refractivity contribution in [3.63, 3.8) is 0 Å². The molecule has 0 fully saturated rings. The van der Waals surface area contributed by atoms with E-state index in [1.54, 1.807) is 36.4 Å². The number of phenols is 2. The first-order valence-corrected chi connectivity index (χ1v) is 11.0. The number of methoxy groups -OCH3 is 1. The number of hydrogen-bond acceptors (Lipinski definition) is 9. The minimum Gasteiger partial charge on any atom is -0.508 e. The highest BCUT2D eigenvalue weighted by Gasteiger charge is 2.35. The fourth-order valence-electron chi connectivity index (χ4n) is 4.33. The van der Waals surface area contributed by atoms with E-state index in [9.17, 15) is 24.6 Å². The maximum Gasteiger partial charge on any atom is 0.343 e. The number of fused-ring (bicyclic) bond motifs is 3.